The maximum absolute atomic E-state index is 12.4. The molecule has 0 aliphatic heterocycles. The van der Waals surface area contributed by atoms with Crippen LogP contribution in [0.4, 0.5) is 0 Å². The highest BCUT2D eigenvalue weighted by molar-refractivity contribution is 7.08. The van der Waals surface area contributed by atoms with Crippen LogP contribution in [-0.2, 0) is 27.3 Å². The molecule has 0 bridgehead atoms. The molecule has 2 heterocycles. The number of fused-ring (bicyclic) bond motifs is 1. The molecule has 0 N–H and O–H groups in total. The van der Waals surface area contributed by atoms with Crippen LogP contribution in [0.25, 0.3) is 10.9 Å². The average Bonchev–Trinajstić information content (AvgIpc) is 3.13. The third kappa shape index (κ3) is 3.91. The number of ether oxygens (including phenoxy) is 2. The first-order chi connectivity index (χ1) is 12.6. The molecule has 0 radical (unpaired) electrons. The molecule has 6 heteroatoms. The van der Waals surface area contributed by atoms with Gasteiger partial charge in [0, 0.05) is 5.39 Å². The van der Waals surface area contributed by atoms with E-state index in [4.69, 9.17) is 9.47 Å². The number of hydrogen-bond acceptors (Lipinski definition) is 6. The van der Waals surface area contributed by atoms with Crippen LogP contribution in [0.3, 0.4) is 0 Å². The minimum Gasteiger partial charge on any atom is -0.462 e. The second-order valence-electron chi connectivity index (χ2n) is 5.77. The first kappa shape index (κ1) is 18.1. The van der Waals surface area contributed by atoms with Crippen molar-refractivity contribution in [3.63, 3.8) is 0 Å². The number of aryl methyl sites for hydroxylation is 1. The van der Waals surface area contributed by atoms with Crippen molar-refractivity contribution < 1.29 is 19.1 Å². The lowest BCUT2D eigenvalue weighted by atomic mass is 10.0. The molecule has 0 atom stereocenters. The molecule has 0 saturated heterocycles. The predicted molar refractivity (Wildman–Crippen MR) is 100 cm³/mol. The van der Waals surface area contributed by atoms with Gasteiger partial charge in [-0.05, 0) is 47.9 Å². The standard InChI is InChI=1S/C20H19NO4S/c1-3-24-20(23)19-13(2)15-6-4-5-7-16(15)21-17(19)11-25-18(22)10-14-8-9-26-12-14/h4-9,12H,3,10-11H2,1-2H3. The molecule has 1 aromatic carbocycles. The molecule has 0 aliphatic carbocycles. The second kappa shape index (κ2) is 8.10. The fraction of sp³-hybridized carbons (Fsp3) is 0.250. The summed E-state index contributed by atoms with van der Waals surface area (Å²) in [4.78, 5) is 29.0. The summed E-state index contributed by atoms with van der Waals surface area (Å²) in [6.45, 7) is 3.81. The van der Waals surface area contributed by atoms with Crippen LogP contribution in [0, 0.1) is 6.92 Å². The quantitative estimate of drug-likeness (QED) is 0.613. The third-order valence-electron chi connectivity index (χ3n) is 4.01. The zero-order chi connectivity index (χ0) is 18.5. The molecule has 3 rings (SSSR count). The molecule has 3 aromatic rings. The van der Waals surface area contributed by atoms with Gasteiger partial charge in [0.05, 0.1) is 29.8 Å². The van der Waals surface area contributed by atoms with Crippen LogP contribution in [-0.4, -0.2) is 23.5 Å². The first-order valence-electron chi connectivity index (χ1n) is 8.32. The van der Waals surface area contributed by atoms with E-state index in [9.17, 15) is 9.59 Å². The Hall–Kier alpha value is -2.73. The molecule has 0 fully saturated rings. The van der Waals surface area contributed by atoms with Crippen molar-refractivity contribution in [2.75, 3.05) is 6.61 Å². The molecule has 0 spiro atoms. The van der Waals surface area contributed by atoms with E-state index in [1.807, 2.05) is 48.0 Å². The maximum atomic E-state index is 12.4. The van der Waals surface area contributed by atoms with E-state index in [2.05, 4.69) is 4.98 Å². The van der Waals surface area contributed by atoms with Crippen molar-refractivity contribution in [2.24, 2.45) is 0 Å². The van der Waals surface area contributed by atoms with Crippen LogP contribution < -0.4 is 0 Å². The Bertz CT molecular complexity index is 934. The molecule has 2 aromatic heterocycles. The Morgan fingerprint density at radius 3 is 2.69 bits per heavy atom. The highest BCUT2D eigenvalue weighted by atomic mass is 32.1. The van der Waals surface area contributed by atoms with Gasteiger partial charge in [0.1, 0.15) is 6.61 Å². The van der Waals surface area contributed by atoms with Gasteiger partial charge in [0.25, 0.3) is 0 Å². The summed E-state index contributed by atoms with van der Waals surface area (Å²) >= 11 is 1.53. The lowest BCUT2D eigenvalue weighted by Crippen LogP contribution is -2.15. The molecule has 26 heavy (non-hydrogen) atoms. The van der Waals surface area contributed by atoms with Crippen LogP contribution in [0.2, 0.25) is 0 Å². The van der Waals surface area contributed by atoms with E-state index in [-0.39, 0.29) is 25.6 Å². The fourth-order valence-electron chi connectivity index (χ4n) is 2.78. The minimum atomic E-state index is -0.452. The molecule has 0 amide bonds. The van der Waals surface area contributed by atoms with Gasteiger partial charge in [-0.1, -0.05) is 18.2 Å². The highest BCUT2D eigenvalue weighted by Gasteiger charge is 2.21. The largest absolute Gasteiger partial charge is 0.462 e. The summed E-state index contributed by atoms with van der Waals surface area (Å²) in [6, 6.07) is 9.44. The summed E-state index contributed by atoms with van der Waals surface area (Å²) in [5, 5.41) is 4.70. The fourth-order valence-corrected chi connectivity index (χ4v) is 3.45. The van der Waals surface area contributed by atoms with Crippen molar-refractivity contribution in [3.05, 3.63) is 63.5 Å². The summed E-state index contributed by atoms with van der Waals surface area (Å²) in [7, 11) is 0. The van der Waals surface area contributed by atoms with Gasteiger partial charge in [0.2, 0.25) is 0 Å². The van der Waals surface area contributed by atoms with Crippen LogP contribution in [0.15, 0.2) is 41.1 Å². The Balaban J connectivity index is 1.88. The zero-order valence-electron chi connectivity index (χ0n) is 14.7. The Morgan fingerprint density at radius 2 is 1.96 bits per heavy atom. The molecule has 0 unspecified atom stereocenters. The first-order valence-corrected chi connectivity index (χ1v) is 9.26. The predicted octanol–water partition coefficient (Wildman–Crippen LogP) is 4.07. The number of carbonyl (C=O) groups is 2. The van der Waals surface area contributed by atoms with Crippen LogP contribution >= 0.6 is 11.3 Å². The number of pyridine rings is 1. The number of hydrogen-bond donors (Lipinski definition) is 0. The minimum absolute atomic E-state index is 0.0667. The summed E-state index contributed by atoms with van der Waals surface area (Å²) < 4.78 is 10.5. The van der Waals surface area contributed by atoms with Gasteiger partial charge in [-0.3, -0.25) is 4.79 Å². The van der Waals surface area contributed by atoms with Crippen molar-refractivity contribution >= 4 is 34.2 Å². The van der Waals surface area contributed by atoms with E-state index in [0.29, 0.717) is 11.3 Å². The van der Waals surface area contributed by atoms with E-state index >= 15 is 0 Å². The van der Waals surface area contributed by atoms with Gasteiger partial charge in [-0.15, -0.1) is 0 Å². The van der Waals surface area contributed by atoms with Crippen LogP contribution in [0.1, 0.15) is 34.1 Å². The van der Waals surface area contributed by atoms with E-state index in [1.165, 1.54) is 11.3 Å². The molecule has 134 valence electrons. The maximum Gasteiger partial charge on any atom is 0.340 e. The number of rotatable bonds is 6. The van der Waals surface area contributed by atoms with Gasteiger partial charge in [-0.25, -0.2) is 9.78 Å². The number of thiophene rings is 1. The van der Waals surface area contributed by atoms with Crippen molar-refractivity contribution in [2.45, 2.75) is 26.9 Å². The van der Waals surface area contributed by atoms with Crippen molar-refractivity contribution in [3.8, 4) is 0 Å². The summed E-state index contributed by atoms with van der Waals surface area (Å²) in [5.74, 6) is -0.807. The molecule has 0 aliphatic rings. The monoisotopic (exact) mass is 369 g/mol. The highest BCUT2D eigenvalue weighted by Crippen LogP contribution is 2.24. The van der Waals surface area contributed by atoms with Gasteiger partial charge < -0.3 is 9.47 Å². The summed E-state index contributed by atoms with van der Waals surface area (Å²) in [6.07, 6.45) is 0.199. The molecule has 5 nitrogen and oxygen atoms in total. The Kier molecular flexibility index (Phi) is 5.63. The topological polar surface area (TPSA) is 65.5 Å². The number of benzene rings is 1. The van der Waals surface area contributed by atoms with Crippen molar-refractivity contribution in [1.82, 2.24) is 4.98 Å². The number of carbonyl (C=O) groups excluding carboxylic acids is 2. The second-order valence-corrected chi connectivity index (χ2v) is 6.55. The summed E-state index contributed by atoms with van der Waals surface area (Å²) in [5.41, 5.74) is 3.22. The van der Waals surface area contributed by atoms with E-state index < -0.39 is 5.97 Å². The van der Waals surface area contributed by atoms with Gasteiger partial charge in [0.15, 0.2) is 0 Å². The molecular weight excluding hydrogens is 350 g/mol. The number of aromatic nitrogens is 1. The lowest BCUT2D eigenvalue weighted by Gasteiger charge is -2.14. The van der Waals surface area contributed by atoms with E-state index in [0.717, 1.165) is 22.0 Å². The normalized spacial score (nSPS) is 10.7. The average molecular weight is 369 g/mol. The number of esters is 2. The third-order valence-corrected chi connectivity index (χ3v) is 4.74. The Morgan fingerprint density at radius 1 is 1.15 bits per heavy atom. The molecule has 0 saturated carbocycles. The van der Waals surface area contributed by atoms with E-state index in [1.54, 1.807) is 6.92 Å². The van der Waals surface area contributed by atoms with Crippen molar-refractivity contribution in [1.29, 1.82) is 0 Å². The number of para-hydroxylation sites is 1. The zero-order valence-corrected chi connectivity index (χ0v) is 15.5. The smallest absolute Gasteiger partial charge is 0.340 e. The van der Waals surface area contributed by atoms with Gasteiger partial charge >= 0.3 is 11.9 Å². The Labute approximate surface area is 155 Å². The van der Waals surface area contributed by atoms with Gasteiger partial charge in [-0.2, -0.15) is 11.3 Å². The number of nitrogens with zero attached hydrogens (tertiary/aromatic N) is 1. The lowest BCUT2D eigenvalue weighted by molar-refractivity contribution is -0.144. The van der Waals surface area contributed by atoms with Crippen LogP contribution in [0.5, 0.6) is 0 Å². The molecular formula is C20H19NO4S. The SMILES string of the molecule is CCOC(=O)c1c(COC(=O)Cc2ccsc2)nc2ccccc2c1C.